The van der Waals surface area contributed by atoms with Gasteiger partial charge in [0.25, 0.3) is 0 Å². The minimum atomic E-state index is 0.0533. The van der Waals surface area contributed by atoms with E-state index < -0.39 is 0 Å². The summed E-state index contributed by atoms with van der Waals surface area (Å²) in [5, 5.41) is 10.6. The average molecular weight is 294 g/mol. The summed E-state index contributed by atoms with van der Waals surface area (Å²) in [7, 11) is 0. The maximum Gasteiger partial charge on any atom is 0.234 e. The van der Waals surface area contributed by atoms with Crippen LogP contribution in [0, 0.1) is 6.92 Å². The summed E-state index contributed by atoms with van der Waals surface area (Å²) in [4.78, 5) is 11.9. The molecule has 0 aromatic carbocycles. The summed E-state index contributed by atoms with van der Waals surface area (Å²) in [6.45, 7) is 8.01. The molecule has 0 unspecified atom stereocenters. The first-order chi connectivity index (χ1) is 10.1. The SMILES string of the molecule is Cc1cnn([C@@H](C)[C@H](C)NCC(=O)NC2CCOCC2)c1. The number of ether oxygens (including phenoxy) is 1. The summed E-state index contributed by atoms with van der Waals surface area (Å²) in [5.41, 5.74) is 1.14. The van der Waals surface area contributed by atoms with Crippen LogP contribution in [-0.2, 0) is 9.53 Å². The lowest BCUT2D eigenvalue weighted by atomic mass is 10.1. The first-order valence-electron chi connectivity index (χ1n) is 7.67. The van der Waals surface area contributed by atoms with Gasteiger partial charge in [0.2, 0.25) is 5.91 Å². The number of hydrogen-bond donors (Lipinski definition) is 2. The predicted molar refractivity (Wildman–Crippen MR) is 81.1 cm³/mol. The maximum absolute atomic E-state index is 11.9. The van der Waals surface area contributed by atoms with Gasteiger partial charge in [-0.3, -0.25) is 9.48 Å². The minimum absolute atomic E-state index is 0.0533. The second-order valence-electron chi connectivity index (χ2n) is 5.86. The Balaban J connectivity index is 1.72. The monoisotopic (exact) mass is 294 g/mol. The summed E-state index contributed by atoms with van der Waals surface area (Å²) in [5.74, 6) is 0.0533. The lowest BCUT2D eigenvalue weighted by Crippen LogP contribution is -2.45. The van der Waals surface area contributed by atoms with E-state index in [1.807, 2.05) is 24.0 Å². The Kier molecular flexibility index (Phi) is 5.76. The molecule has 2 rings (SSSR count). The molecule has 2 heterocycles. The van der Waals surface area contributed by atoms with Gasteiger partial charge >= 0.3 is 0 Å². The smallest absolute Gasteiger partial charge is 0.234 e. The molecule has 2 N–H and O–H groups in total. The maximum atomic E-state index is 11.9. The number of nitrogens with one attached hydrogen (secondary N) is 2. The standard InChI is InChI=1S/C15H26N4O2/c1-11-8-17-19(10-11)13(3)12(2)16-9-15(20)18-14-4-6-21-7-5-14/h8,10,12-14,16H,4-7,9H2,1-3H3,(H,18,20)/t12-,13-/m0/s1. The molecule has 0 spiro atoms. The van der Waals surface area contributed by atoms with Gasteiger partial charge in [0.05, 0.1) is 18.8 Å². The van der Waals surface area contributed by atoms with Gasteiger partial charge in [-0.15, -0.1) is 0 Å². The van der Waals surface area contributed by atoms with E-state index >= 15 is 0 Å². The van der Waals surface area contributed by atoms with E-state index in [1.165, 1.54) is 0 Å². The van der Waals surface area contributed by atoms with Crippen LogP contribution < -0.4 is 10.6 Å². The van der Waals surface area contributed by atoms with Crippen LogP contribution >= 0.6 is 0 Å². The van der Waals surface area contributed by atoms with Crippen LogP contribution in [0.1, 0.15) is 38.3 Å². The fourth-order valence-corrected chi connectivity index (χ4v) is 2.43. The van der Waals surface area contributed by atoms with Crippen molar-refractivity contribution in [2.24, 2.45) is 0 Å². The second-order valence-corrected chi connectivity index (χ2v) is 5.86. The summed E-state index contributed by atoms with van der Waals surface area (Å²) in [6.07, 6.45) is 5.68. The summed E-state index contributed by atoms with van der Waals surface area (Å²) in [6, 6.07) is 0.633. The van der Waals surface area contributed by atoms with Crippen LogP contribution in [-0.4, -0.2) is 47.5 Å². The number of aryl methyl sites for hydroxylation is 1. The molecular formula is C15H26N4O2. The molecule has 118 valence electrons. The predicted octanol–water partition coefficient (Wildman–Crippen LogP) is 1.03. The van der Waals surface area contributed by atoms with Gasteiger partial charge in [-0.1, -0.05) is 0 Å². The van der Waals surface area contributed by atoms with E-state index in [4.69, 9.17) is 4.74 Å². The highest BCUT2D eigenvalue weighted by Gasteiger charge is 2.18. The van der Waals surface area contributed by atoms with E-state index in [2.05, 4.69) is 29.6 Å². The van der Waals surface area contributed by atoms with Crippen molar-refractivity contribution in [3.05, 3.63) is 18.0 Å². The molecule has 1 aliphatic heterocycles. The Labute approximate surface area is 126 Å². The largest absolute Gasteiger partial charge is 0.381 e. The number of rotatable bonds is 6. The van der Waals surface area contributed by atoms with Gasteiger partial charge in [0.15, 0.2) is 0 Å². The molecule has 1 aromatic rings. The van der Waals surface area contributed by atoms with Crippen molar-refractivity contribution < 1.29 is 9.53 Å². The lowest BCUT2D eigenvalue weighted by molar-refractivity contribution is -0.121. The lowest BCUT2D eigenvalue weighted by Gasteiger charge is -2.25. The molecule has 1 saturated heterocycles. The molecule has 0 bridgehead atoms. The third-order valence-corrected chi connectivity index (χ3v) is 4.04. The fourth-order valence-electron chi connectivity index (χ4n) is 2.43. The van der Waals surface area contributed by atoms with Crippen LogP contribution in [0.15, 0.2) is 12.4 Å². The van der Waals surface area contributed by atoms with E-state index in [9.17, 15) is 4.79 Å². The zero-order valence-electron chi connectivity index (χ0n) is 13.1. The van der Waals surface area contributed by atoms with Gasteiger partial charge < -0.3 is 15.4 Å². The molecule has 21 heavy (non-hydrogen) atoms. The number of nitrogens with zero attached hydrogens (tertiary/aromatic N) is 2. The molecule has 1 aromatic heterocycles. The Hall–Kier alpha value is -1.40. The van der Waals surface area contributed by atoms with Gasteiger partial charge in [0.1, 0.15) is 0 Å². The Morgan fingerprint density at radius 2 is 2.19 bits per heavy atom. The van der Waals surface area contributed by atoms with E-state index in [0.717, 1.165) is 31.6 Å². The van der Waals surface area contributed by atoms with Crippen LogP contribution in [0.25, 0.3) is 0 Å². The highest BCUT2D eigenvalue weighted by atomic mass is 16.5. The van der Waals surface area contributed by atoms with Gasteiger partial charge in [0, 0.05) is 31.5 Å². The normalized spacial score (nSPS) is 19.2. The minimum Gasteiger partial charge on any atom is -0.381 e. The number of carbonyl (C=O) groups excluding carboxylic acids is 1. The third kappa shape index (κ3) is 4.82. The van der Waals surface area contributed by atoms with E-state index in [0.29, 0.717) is 6.54 Å². The van der Waals surface area contributed by atoms with Gasteiger partial charge in [-0.2, -0.15) is 5.10 Å². The molecule has 6 nitrogen and oxygen atoms in total. The Morgan fingerprint density at radius 3 is 2.81 bits per heavy atom. The fraction of sp³-hybridized carbons (Fsp3) is 0.733. The van der Waals surface area contributed by atoms with Crippen LogP contribution in [0.3, 0.4) is 0 Å². The summed E-state index contributed by atoms with van der Waals surface area (Å²) < 4.78 is 7.22. The highest BCUT2D eigenvalue weighted by Crippen LogP contribution is 2.10. The van der Waals surface area contributed by atoms with Crippen molar-refractivity contribution in [1.29, 1.82) is 0 Å². The van der Waals surface area contributed by atoms with Crippen molar-refractivity contribution in [2.75, 3.05) is 19.8 Å². The van der Waals surface area contributed by atoms with Gasteiger partial charge in [-0.05, 0) is 39.2 Å². The van der Waals surface area contributed by atoms with Crippen LogP contribution in [0.4, 0.5) is 0 Å². The molecular weight excluding hydrogens is 268 g/mol. The first kappa shape index (κ1) is 16.0. The molecule has 2 atom stereocenters. The van der Waals surface area contributed by atoms with Crippen LogP contribution in [0.2, 0.25) is 0 Å². The Bertz CT molecular complexity index is 454. The number of carbonyl (C=O) groups is 1. The first-order valence-corrected chi connectivity index (χ1v) is 7.67. The van der Waals surface area contributed by atoms with E-state index in [1.54, 1.807) is 0 Å². The Morgan fingerprint density at radius 1 is 1.48 bits per heavy atom. The van der Waals surface area contributed by atoms with Crippen molar-refractivity contribution in [3.8, 4) is 0 Å². The molecule has 1 aliphatic rings. The topological polar surface area (TPSA) is 68.2 Å². The number of aromatic nitrogens is 2. The quantitative estimate of drug-likeness (QED) is 0.822. The van der Waals surface area contributed by atoms with Crippen molar-refractivity contribution in [3.63, 3.8) is 0 Å². The molecule has 1 amide bonds. The third-order valence-electron chi connectivity index (χ3n) is 4.04. The van der Waals surface area contributed by atoms with E-state index in [-0.39, 0.29) is 24.0 Å². The van der Waals surface area contributed by atoms with Crippen molar-refractivity contribution >= 4 is 5.91 Å². The number of amides is 1. The van der Waals surface area contributed by atoms with Crippen molar-refractivity contribution in [2.45, 2.75) is 51.7 Å². The van der Waals surface area contributed by atoms with Crippen LogP contribution in [0.5, 0.6) is 0 Å². The molecule has 0 aliphatic carbocycles. The summed E-state index contributed by atoms with van der Waals surface area (Å²) >= 11 is 0. The average Bonchev–Trinajstić information content (AvgIpc) is 2.91. The molecule has 1 fully saturated rings. The second kappa shape index (κ2) is 7.56. The number of hydrogen-bond acceptors (Lipinski definition) is 4. The van der Waals surface area contributed by atoms with Gasteiger partial charge in [-0.25, -0.2) is 0 Å². The molecule has 0 saturated carbocycles. The highest BCUT2D eigenvalue weighted by molar-refractivity contribution is 5.78. The zero-order valence-corrected chi connectivity index (χ0v) is 13.1. The van der Waals surface area contributed by atoms with Crippen molar-refractivity contribution in [1.82, 2.24) is 20.4 Å². The molecule has 6 heteroatoms. The molecule has 0 radical (unpaired) electrons. The zero-order chi connectivity index (χ0) is 15.2.